The predicted octanol–water partition coefficient (Wildman–Crippen LogP) is 8.37. The van der Waals surface area contributed by atoms with E-state index in [1.54, 1.807) is 31.7 Å². The number of aromatic hydroxyl groups is 1. The molecule has 0 aliphatic carbocycles. The largest absolute Gasteiger partial charge is 0.508 e. The Morgan fingerprint density at radius 3 is 1.46 bits per heavy atom. The van der Waals surface area contributed by atoms with E-state index >= 15 is 0 Å². The van der Waals surface area contributed by atoms with Gasteiger partial charge in [0.2, 0.25) is 11.8 Å². The van der Waals surface area contributed by atoms with E-state index in [1.165, 1.54) is 47.0 Å². The van der Waals surface area contributed by atoms with E-state index in [9.17, 15) is 32.3 Å². The van der Waals surface area contributed by atoms with Crippen LogP contribution in [0.1, 0.15) is 60.7 Å². The van der Waals surface area contributed by atoms with Crippen LogP contribution in [0.4, 0.5) is 40.6 Å². The molecule has 1 unspecified atom stereocenters. The Morgan fingerprint density at radius 1 is 0.609 bits per heavy atom. The van der Waals surface area contributed by atoms with Crippen LogP contribution in [0.25, 0.3) is 21.5 Å². The SMILES string of the molecule is C=CC(=O)N1CCN(c2nc(OCCCN3C[C@@H](F)[C@@H](F)C3)nc3c2CCN(c2cc(C)cc4ccccc24)C3)CC1.C=CC(=O)N1CCN(c2nc(OCCCN3C[C@@H](F)[C@@H](F)C3)nc3c2CCN(c2cc(O)cc4ccccc24)C3)CC1.CC1CCCO1.Cl.O. The summed E-state index contributed by atoms with van der Waals surface area (Å²) in [5, 5.41) is 14.9. The van der Waals surface area contributed by atoms with Gasteiger partial charge in [-0.05, 0) is 93.0 Å². The lowest BCUT2D eigenvalue weighted by atomic mass is 10.0. The fraction of sp³-hybridized carbons (Fsp3) is 0.500. The maximum Gasteiger partial charge on any atom is 0.318 e. The molecule has 2 amide bonds. The van der Waals surface area contributed by atoms with Crippen molar-refractivity contribution in [3.8, 4) is 17.8 Å². The monoisotopic (exact) mass is 1290 g/mol. The van der Waals surface area contributed by atoms with Crippen molar-refractivity contribution in [1.29, 1.82) is 0 Å². The molecule has 7 aliphatic rings. The molecule has 0 radical (unpaired) electrons. The van der Waals surface area contributed by atoms with Crippen LogP contribution in [0, 0.1) is 6.92 Å². The third-order valence-corrected chi connectivity index (χ3v) is 18.0. The van der Waals surface area contributed by atoms with Crippen LogP contribution in [0.3, 0.4) is 0 Å². The molecule has 0 saturated carbocycles. The zero-order valence-corrected chi connectivity index (χ0v) is 53.6. The van der Waals surface area contributed by atoms with Gasteiger partial charge >= 0.3 is 12.0 Å². The zero-order chi connectivity index (χ0) is 62.8. The minimum atomic E-state index is -1.42. The number of piperazine rings is 2. The summed E-state index contributed by atoms with van der Waals surface area (Å²) in [6.07, 6.45) is 2.84. The summed E-state index contributed by atoms with van der Waals surface area (Å²) in [5.41, 5.74) is 7.34. The summed E-state index contributed by atoms with van der Waals surface area (Å²) in [7, 11) is 0. The molecular formula is C68H87ClF4N12O7. The quantitative estimate of drug-likeness (QED) is 0.0552. The average Bonchev–Trinajstić information content (AvgIpc) is 0.972. The van der Waals surface area contributed by atoms with Crippen molar-refractivity contribution in [2.75, 3.05) is 144 Å². The van der Waals surface area contributed by atoms with Crippen LogP contribution in [0.5, 0.6) is 17.8 Å². The van der Waals surface area contributed by atoms with E-state index in [0.717, 1.165) is 76.7 Å². The van der Waals surface area contributed by atoms with E-state index < -0.39 is 24.7 Å². The maximum absolute atomic E-state index is 13.6. The average molecular weight is 1300 g/mol. The molecule has 3 N–H and O–H groups in total. The van der Waals surface area contributed by atoms with Crippen molar-refractivity contribution in [1.82, 2.24) is 39.5 Å². The molecule has 13 rings (SSSR count). The highest BCUT2D eigenvalue weighted by atomic mass is 35.5. The summed E-state index contributed by atoms with van der Waals surface area (Å²) in [6.45, 7) is 22.4. The molecule has 5 saturated heterocycles. The fourth-order valence-corrected chi connectivity index (χ4v) is 13.2. The summed E-state index contributed by atoms with van der Waals surface area (Å²) in [4.78, 5) is 59.9. The van der Waals surface area contributed by atoms with E-state index in [1.807, 2.05) is 18.2 Å². The Labute approximate surface area is 542 Å². The molecule has 5 atom stereocenters. The van der Waals surface area contributed by atoms with Crippen LogP contribution < -0.4 is 29.1 Å². The lowest BCUT2D eigenvalue weighted by Gasteiger charge is -2.38. The van der Waals surface area contributed by atoms with Gasteiger partial charge in [0.15, 0.2) is 0 Å². The summed E-state index contributed by atoms with van der Waals surface area (Å²) >= 11 is 0. The number of amides is 2. The first-order valence-electron chi connectivity index (χ1n) is 31.9. The predicted molar refractivity (Wildman–Crippen MR) is 354 cm³/mol. The van der Waals surface area contributed by atoms with Gasteiger partial charge < -0.3 is 54.2 Å². The number of nitrogens with zero attached hydrogens (tertiary/aromatic N) is 12. The lowest BCUT2D eigenvalue weighted by molar-refractivity contribution is -0.127. The summed E-state index contributed by atoms with van der Waals surface area (Å²) in [5.74, 6) is 1.77. The van der Waals surface area contributed by atoms with Gasteiger partial charge in [0.05, 0.1) is 43.8 Å². The molecule has 24 heteroatoms. The Bertz CT molecular complexity index is 3260. The highest BCUT2D eigenvalue weighted by molar-refractivity contribution is 5.96. The van der Waals surface area contributed by atoms with Gasteiger partial charge in [0, 0.05) is 151 Å². The maximum atomic E-state index is 13.6. The molecule has 2 aromatic heterocycles. The number of halogens is 5. The van der Waals surface area contributed by atoms with Crippen molar-refractivity contribution >= 4 is 68.8 Å². The van der Waals surface area contributed by atoms with Crippen LogP contribution in [-0.4, -0.2) is 217 Å². The summed E-state index contributed by atoms with van der Waals surface area (Å²) < 4.78 is 71.5. The first-order valence-corrected chi connectivity index (χ1v) is 31.9. The molecule has 9 heterocycles. The number of carbonyl (C=O) groups excluding carboxylic acids is 2. The highest BCUT2D eigenvalue weighted by Crippen LogP contribution is 2.38. The number of phenolic OH excluding ortho intramolecular Hbond substituents is 1. The van der Waals surface area contributed by atoms with E-state index in [-0.39, 0.29) is 67.6 Å². The third-order valence-electron chi connectivity index (χ3n) is 18.0. The van der Waals surface area contributed by atoms with Gasteiger partial charge in [-0.3, -0.25) is 19.4 Å². The topological polar surface area (TPSA) is 191 Å². The first kappa shape index (κ1) is 68.8. The molecule has 6 aromatic rings. The normalized spacial score (nSPS) is 21.5. The molecular weight excluding hydrogens is 1210 g/mol. The third kappa shape index (κ3) is 16.6. The van der Waals surface area contributed by atoms with Gasteiger partial charge in [0.1, 0.15) is 42.1 Å². The Morgan fingerprint density at radius 2 is 1.04 bits per heavy atom. The van der Waals surface area contributed by atoms with Crippen molar-refractivity contribution in [2.45, 2.75) is 96.3 Å². The van der Waals surface area contributed by atoms with E-state index in [4.69, 9.17) is 34.1 Å². The second-order valence-corrected chi connectivity index (χ2v) is 24.4. The number of phenols is 1. The van der Waals surface area contributed by atoms with Gasteiger partial charge in [-0.25, -0.2) is 17.6 Å². The number of alkyl halides is 4. The van der Waals surface area contributed by atoms with Crippen molar-refractivity contribution < 1.29 is 51.9 Å². The van der Waals surface area contributed by atoms with Gasteiger partial charge in [-0.1, -0.05) is 67.8 Å². The molecule has 92 heavy (non-hydrogen) atoms. The number of hydrogen-bond donors (Lipinski definition) is 1. The van der Waals surface area contributed by atoms with Crippen LogP contribution >= 0.6 is 12.4 Å². The summed E-state index contributed by atoms with van der Waals surface area (Å²) in [6, 6.07) is 25.1. The standard InChI is InChI=1S/C32H38F2N6O2.C31H36F2N6O3.C5H10O.ClH.H2O/c1-3-30(41)38-12-14-39(15-13-38)31-25-9-11-40(29-18-22(2)17-23-7-4-5-8-24(23)29)21-28(25)35-32(36-31)42-16-6-10-37-19-26(33)27(34)20-37;1-2-29(41)37-11-13-38(14-12-37)30-24-8-10-39(28-17-22(40)16-21-6-3-4-7-23(21)28)20-27(24)34-31(35-30)42-15-5-9-36-18-25(32)26(33)19-36;1-5-3-2-4-6-5;;/h3-5,7-8,17-18,26-27H,1,6,9-16,19-21H2,2H3;2-4,6-7,16-17,25-26,40H,1,5,8-15,18-20H2;5H,2-4H2,1H3;1H;1H2/t26-,27+;25-,26+;;;. The number of rotatable bonds is 16. The van der Waals surface area contributed by atoms with Gasteiger partial charge in [0.25, 0.3) is 0 Å². The first-order chi connectivity index (χ1) is 43.7. The fourth-order valence-electron chi connectivity index (χ4n) is 13.2. The Kier molecular flexibility index (Phi) is 23.8. The number of hydrogen-bond acceptors (Lipinski definition) is 16. The molecule has 5 fully saturated rings. The molecule has 4 aromatic carbocycles. The minimum absolute atomic E-state index is 0. The number of fused-ring (bicyclic) bond motifs is 4. The Balaban J connectivity index is 0.000000195. The highest BCUT2D eigenvalue weighted by Gasteiger charge is 2.35. The van der Waals surface area contributed by atoms with Crippen molar-refractivity contribution in [3.63, 3.8) is 0 Å². The molecule has 0 spiro atoms. The zero-order valence-electron chi connectivity index (χ0n) is 52.8. The van der Waals surface area contributed by atoms with Gasteiger partial charge in [-0.15, -0.1) is 12.4 Å². The number of likely N-dealkylation sites (tertiary alicyclic amines) is 2. The number of ether oxygens (including phenoxy) is 3. The van der Waals surface area contributed by atoms with Crippen molar-refractivity contribution in [3.05, 3.63) is 126 Å². The second kappa shape index (κ2) is 31.8. The molecule has 496 valence electrons. The van der Waals surface area contributed by atoms with E-state index in [2.05, 4.69) is 89.1 Å². The van der Waals surface area contributed by atoms with Crippen LogP contribution in [0.15, 0.2) is 98.1 Å². The Hall–Kier alpha value is -7.57. The minimum Gasteiger partial charge on any atom is -0.508 e. The number of aromatic nitrogens is 4. The van der Waals surface area contributed by atoms with Crippen molar-refractivity contribution in [2.24, 2.45) is 0 Å². The number of anilines is 4. The number of benzene rings is 4. The smallest absolute Gasteiger partial charge is 0.318 e. The number of carbonyl (C=O) groups is 2. The molecule has 0 bridgehead atoms. The van der Waals surface area contributed by atoms with E-state index in [0.29, 0.717) is 123 Å². The number of aryl methyl sites for hydroxylation is 1. The molecule has 19 nitrogen and oxygen atoms in total. The molecule has 7 aliphatic heterocycles. The lowest BCUT2D eigenvalue weighted by Crippen LogP contribution is -2.49. The van der Waals surface area contributed by atoms with Crippen LogP contribution in [0.2, 0.25) is 0 Å². The van der Waals surface area contributed by atoms with Gasteiger partial charge in [-0.2, -0.15) is 19.9 Å². The second-order valence-electron chi connectivity index (χ2n) is 24.4. The van der Waals surface area contributed by atoms with Crippen LogP contribution in [-0.2, 0) is 40.3 Å².